The number of thiophene rings is 1. The van der Waals surface area contributed by atoms with Gasteiger partial charge < -0.3 is 4.98 Å². The summed E-state index contributed by atoms with van der Waals surface area (Å²) in [5.74, 6) is 0. The van der Waals surface area contributed by atoms with E-state index in [1.54, 1.807) is 4.57 Å². The predicted molar refractivity (Wildman–Crippen MR) is 86.4 cm³/mol. The number of halogens is 1. The summed E-state index contributed by atoms with van der Waals surface area (Å²) in [7, 11) is 0. The molecule has 0 bridgehead atoms. The maximum Gasteiger partial charge on any atom is 0.263 e. The van der Waals surface area contributed by atoms with Crippen LogP contribution in [0.3, 0.4) is 0 Å². The molecular weight excluding hydrogens is 312 g/mol. The second-order valence-electron chi connectivity index (χ2n) is 4.43. The number of hydrogen-bond acceptors (Lipinski definition) is 3. The minimum atomic E-state index is -0.0287. The van der Waals surface area contributed by atoms with Crippen LogP contribution in [0.1, 0.15) is 5.56 Å². The fourth-order valence-electron chi connectivity index (χ4n) is 2.07. The number of nitrogens with zero attached hydrogens (tertiary/aromatic N) is 1. The second-order valence-corrected chi connectivity index (χ2v) is 6.17. The van der Waals surface area contributed by atoms with Gasteiger partial charge in [0.25, 0.3) is 5.56 Å². The summed E-state index contributed by atoms with van der Waals surface area (Å²) in [6.45, 7) is 0.557. The van der Waals surface area contributed by atoms with E-state index >= 15 is 0 Å². The highest BCUT2D eigenvalue weighted by Crippen LogP contribution is 2.14. The van der Waals surface area contributed by atoms with Gasteiger partial charge in [-0.25, -0.2) is 0 Å². The zero-order valence-electron chi connectivity index (χ0n) is 10.4. The summed E-state index contributed by atoms with van der Waals surface area (Å²) in [5, 5.41) is 3.29. The Morgan fingerprint density at radius 2 is 2.00 bits per heavy atom. The quantitative estimate of drug-likeness (QED) is 0.740. The Kier molecular flexibility index (Phi) is 3.74. The van der Waals surface area contributed by atoms with Gasteiger partial charge in [0.05, 0.1) is 5.39 Å². The zero-order valence-corrected chi connectivity index (χ0v) is 12.8. The van der Waals surface area contributed by atoms with Crippen LogP contribution in [0.4, 0.5) is 0 Å². The molecule has 0 unspecified atom stereocenters. The first kappa shape index (κ1) is 13.5. The standard InChI is InChI=1S/C14H11ClN2OS2/c15-10-3-1-9(2-4-10)5-7-17-13(18)11-6-8-20-12(11)16-14(17)19/h1-4,6,8H,5,7H2,(H,16,19). The number of fused-ring (bicyclic) bond motifs is 1. The van der Waals surface area contributed by atoms with E-state index in [-0.39, 0.29) is 5.56 Å². The molecule has 20 heavy (non-hydrogen) atoms. The van der Waals surface area contributed by atoms with E-state index < -0.39 is 0 Å². The lowest BCUT2D eigenvalue weighted by molar-refractivity contribution is 0.653. The Hall–Kier alpha value is -1.43. The molecule has 3 aromatic rings. The highest BCUT2D eigenvalue weighted by molar-refractivity contribution is 7.71. The third-order valence-corrected chi connectivity index (χ3v) is 4.55. The van der Waals surface area contributed by atoms with Gasteiger partial charge in [-0.05, 0) is 47.8 Å². The van der Waals surface area contributed by atoms with Gasteiger partial charge >= 0.3 is 0 Å². The van der Waals surface area contributed by atoms with Crippen LogP contribution >= 0.6 is 35.2 Å². The van der Waals surface area contributed by atoms with Gasteiger partial charge in [-0.3, -0.25) is 9.36 Å². The van der Waals surface area contributed by atoms with Crippen LogP contribution in [0.15, 0.2) is 40.5 Å². The number of aromatic nitrogens is 2. The lowest BCUT2D eigenvalue weighted by Gasteiger charge is -2.06. The number of aryl methyl sites for hydroxylation is 1. The SMILES string of the molecule is O=c1c2ccsc2[nH]c(=S)n1CCc1ccc(Cl)cc1. The fraction of sp³-hybridized carbons (Fsp3) is 0.143. The van der Waals surface area contributed by atoms with Crippen LogP contribution in [0.5, 0.6) is 0 Å². The highest BCUT2D eigenvalue weighted by atomic mass is 35.5. The minimum Gasteiger partial charge on any atom is -0.323 e. The fourth-order valence-corrected chi connectivity index (χ4v) is 3.32. The summed E-state index contributed by atoms with van der Waals surface area (Å²) in [6, 6.07) is 9.45. The molecule has 3 nitrogen and oxygen atoms in total. The molecule has 0 saturated heterocycles. The minimum absolute atomic E-state index is 0.0287. The van der Waals surface area contributed by atoms with Crippen molar-refractivity contribution >= 4 is 45.4 Å². The average molecular weight is 323 g/mol. The van der Waals surface area contributed by atoms with E-state index in [1.165, 1.54) is 11.3 Å². The molecule has 0 aliphatic heterocycles. The van der Waals surface area contributed by atoms with Crippen molar-refractivity contribution in [3.63, 3.8) is 0 Å². The predicted octanol–water partition coefficient (Wildman–Crippen LogP) is 4.02. The first-order valence-electron chi connectivity index (χ1n) is 6.10. The molecule has 6 heteroatoms. The molecular formula is C14H11ClN2OS2. The molecule has 0 saturated carbocycles. The molecule has 0 amide bonds. The van der Waals surface area contributed by atoms with Gasteiger partial charge in [-0.2, -0.15) is 0 Å². The van der Waals surface area contributed by atoms with E-state index in [9.17, 15) is 4.79 Å². The van der Waals surface area contributed by atoms with Gasteiger partial charge in [0.15, 0.2) is 4.77 Å². The third kappa shape index (κ3) is 2.57. The summed E-state index contributed by atoms with van der Waals surface area (Å²) in [5.41, 5.74) is 1.10. The van der Waals surface area contributed by atoms with E-state index in [1.807, 2.05) is 35.7 Å². The van der Waals surface area contributed by atoms with Crippen LogP contribution in [-0.2, 0) is 13.0 Å². The van der Waals surface area contributed by atoms with Gasteiger partial charge in [0.1, 0.15) is 4.83 Å². The number of aromatic amines is 1. The van der Waals surface area contributed by atoms with Gasteiger partial charge in [-0.15, -0.1) is 11.3 Å². The van der Waals surface area contributed by atoms with Crippen molar-refractivity contribution in [3.8, 4) is 0 Å². The molecule has 2 heterocycles. The molecule has 0 spiro atoms. The molecule has 0 radical (unpaired) electrons. The van der Waals surface area contributed by atoms with Crippen molar-refractivity contribution in [1.82, 2.24) is 9.55 Å². The van der Waals surface area contributed by atoms with Gasteiger partial charge in [0.2, 0.25) is 0 Å². The molecule has 0 aliphatic rings. The van der Waals surface area contributed by atoms with Crippen molar-refractivity contribution < 1.29 is 0 Å². The number of nitrogens with one attached hydrogen (secondary N) is 1. The Bertz CT molecular complexity index is 861. The van der Waals surface area contributed by atoms with E-state index in [2.05, 4.69) is 4.98 Å². The molecule has 0 fully saturated rings. The number of benzene rings is 1. The van der Waals surface area contributed by atoms with E-state index in [0.29, 0.717) is 21.7 Å². The third-order valence-electron chi connectivity index (χ3n) is 3.14. The van der Waals surface area contributed by atoms with E-state index in [0.717, 1.165) is 16.8 Å². The van der Waals surface area contributed by atoms with Crippen molar-refractivity contribution in [2.75, 3.05) is 0 Å². The summed E-state index contributed by atoms with van der Waals surface area (Å²) in [4.78, 5) is 16.3. The maximum absolute atomic E-state index is 12.3. The van der Waals surface area contributed by atoms with Crippen LogP contribution in [-0.4, -0.2) is 9.55 Å². The zero-order chi connectivity index (χ0) is 14.1. The van der Waals surface area contributed by atoms with Crippen LogP contribution < -0.4 is 5.56 Å². The second kappa shape index (κ2) is 5.52. The summed E-state index contributed by atoms with van der Waals surface area (Å²) in [6.07, 6.45) is 0.740. The smallest absolute Gasteiger partial charge is 0.263 e. The number of hydrogen-bond donors (Lipinski definition) is 1. The Labute approximate surface area is 129 Å². The first-order chi connectivity index (χ1) is 9.65. The normalized spacial score (nSPS) is 11.1. The van der Waals surface area contributed by atoms with Crippen LogP contribution in [0, 0.1) is 4.77 Å². The number of rotatable bonds is 3. The Balaban J connectivity index is 1.93. The topological polar surface area (TPSA) is 37.8 Å². The van der Waals surface area contributed by atoms with Crippen molar-refractivity contribution in [3.05, 3.63) is 61.4 Å². The van der Waals surface area contributed by atoms with Gasteiger partial charge in [0, 0.05) is 11.6 Å². The monoisotopic (exact) mass is 322 g/mol. The lowest BCUT2D eigenvalue weighted by atomic mass is 10.1. The van der Waals surface area contributed by atoms with E-state index in [4.69, 9.17) is 23.8 Å². The molecule has 0 atom stereocenters. The maximum atomic E-state index is 12.3. The first-order valence-corrected chi connectivity index (χ1v) is 7.76. The Morgan fingerprint density at radius 3 is 2.75 bits per heavy atom. The van der Waals surface area contributed by atoms with Crippen molar-refractivity contribution in [1.29, 1.82) is 0 Å². The largest absolute Gasteiger partial charge is 0.323 e. The molecule has 2 aromatic heterocycles. The average Bonchev–Trinajstić information content (AvgIpc) is 2.89. The summed E-state index contributed by atoms with van der Waals surface area (Å²) >= 11 is 12.6. The molecule has 0 aliphatic carbocycles. The molecule has 1 N–H and O–H groups in total. The molecule has 102 valence electrons. The van der Waals surface area contributed by atoms with Gasteiger partial charge in [-0.1, -0.05) is 23.7 Å². The van der Waals surface area contributed by atoms with Crippen LogP contribution in [0.25, 0.3) is 10.2 Å². The van der Waals surface area contributed by atoms with Crippen molar-refractivity contribution in [2.24, 2.45) is 0 Å². The molecule has 3 rings (SSSR count). The number of H-pyrrole nitrogens is 1. The summed E-state index contributed by atoms with van der Waals surface area (Å²) < 4.78 is 2.08. The lowest BCUT2D eigenvalue weighted by Crippen LogP contribution is -2.22. The van der Waals surface area contributed by atoms with Crippen molar-refractivity contribution in [2.45, 2.75) is 13.0 Å². The Morgan fingerprint density at radius 1 is 1.25 bits per heavy atom. The molecule has 1 aromatic carbocycles. The van der Waals surface area contributed by atoms with Crippen LogP contribution in [0.2, 0.25) is 5.02 Å². The highest BCUT2D eigenvalue weighted by Gasteiger charge is 2.06.